The van der Waals surface area contributed by atoms with E-state index in [4.69, 9.17) is 10.5 Å². The summed E-state index contributed by atoms with van der Waals surface area (Å²) in [4.78, 5) is 2.18. The van der Waals surface area contributed by atoms with Gasteiger partial charge in [-0.05, 0) is 18.0 Å². The molecule has 0 amide bonds. The van der Waals surface area contributed by atoms with E-state index in [2.05, 4.69) is 4.37 Å². The van der Waals surface area contributed by atoms with E-state index < -0.39 is 9.84 Å². The Morgan fingerprint density at radius 3 is 2.89 bits per heavy atom. The summed E-state index contributed by atoms with van der Waals surface area (Å²) in [6, 6.07) is 0. The minimum Gasteiger partial charge on any atom is -0.382 e. The average molecular weight is 291 g/mol. The first kappa shape index (κ1) is 13.6. The van der Waals surface area contributed by atoms with E-state index >= 15 is 0 Å². The van der Waals surface area contributed by atoms with Crippen molar-refractivity contribution in [3.63, 3.8) is 0 Å². The van der Waals surface area contributed by atoms with Gasteiger partial charge in [0.15, 0.2) is 15.7 Å². The van der Waals surface area contributed by atoms with Crippen LogP contribution in [0.25, 0.3) is 0 Å². The first-order valence-electron chi connectivity index (χ1n) is 5.75. The van der Waals surface area contributed by atoms with E-state index in [0.29, 0.717) is 11.5 Å². The van der Waals surface area contributed by atoms with Crippen molar-refractivity contribution in [1.29, 1.82) is 0 Å². The van der Waals surface area contributed by atoms with Gasteiger partial charge in [0.25, 0.3) is 0 Å². The smallest absolute Gasteiger partial charge is 0.184 e. The highest BCUT2D eigenvalue weighted by Gasteiger charge is 2.31. The fourth-order valence-corrected chi connectivity index (χ4v) is 4.37. The second kappa shape index (κ2) is 5.02. The quantitative estimate of drug-likeness (QED) is 0.881. The number of sulfone groups is 1. The molecule has 1 aromatic rings. The van der Waals surface area contributed by atoms with Gasteiger partial charge in [0, 0.05) is 20.2 Å². The summed E-state index contributed by atoms with van der Waals surface area (Å²) < 4.78 is 33.3. The number of nitrogens with zero attached hydrogens (tertiary/aromatic N) is 2. The van der Waals surface area contributed by atoms with Crippen molar-refractivity contribution in [3.8, 4) is 0 Å². The largest absolute Gasteiger partial charge is 0.382 e. The van der Waals surface area contributed by atoms with Gasteiger partial charge >= 0.3 is 0 Å². The van der Waals surface area contributed by atoms with E-state index in [9.17, 15) is 8.42 Å². The molecule has 6 nitrogen and oxygen atoms in total. The third-order valence-electron chi connectivity index (χ3n) is 3.11. The number of hydrogen-bond acceptors (Lipinski definition) is 7. The number of nitrogens with two attached hydrogens (primary N) is 1. The van der Waals surface area contributed by atoms with E-state index in [1.807, 2.05) is 4.90 Å². The maximum absolute atomic E-state index is 12.0. The molecule has 1 aromatic heterocycles. The van der Waals surface area contributed by atoms with Gasteiger partial charge in [-0.2, -0.15) is 4.37 Å². The Kier molecular flexibility index (Phi) is 3.79. The topological polar surface area (TPSA) is 85.5 Å². The number of hydrogen-bond donors (Lipinski definition) is 1. The van der Waals surface area contributed by atoms with Crippen LogP contribution < -0.4 is 10.6 Å². The average Bonchev–Trinajstić information content (AvgIpc) is 2.94. The van der Waals surface area contributed by atoms with Gasteiger partial charge in [0.1, 0.15) is 9.90 Å². The van der Waals surface area contributed by atoms with Crippen molar-refractivity contribution < 1.29 is 13.2 Å². The summed E-state index contributed by atoms with van der Waals surface area (Å²) in [6.07, 6.45) is 1.03. The normalized spacial score (nSPS) is 20.6. The number of nitrogen functional groups attached to an aromatic ring is 1. The molecule has 1 saturated heterocycles. The van der Waals surface area contributed by atoms with E-state index in [1.54, 1.807) is 14.0 Å². The van der Waals surface area contributed by atoms with Crippen LogP contribution in [0.3, 0.4) is 0 Å². The molecule has 0 aliphatic carbocycles. The Morgan fingerprint density at radius 1 is 1.61 bits per heavy atom. The Labute approximate surface area is 111 Å². The van der Waals surface area contributed by atoms with Crippen molar-refractivity contribution in [2.24, 2.45) is 0 Å². The van der Waals surface area contributed by atoms with Gasteiger partial charge in [-0.3, -0.25) is 0 Å². The minimum absolute atomic E-state index is 0.0319. The van der Waals surface area contributed by atoms with Gasteiger partial charge in [-0.15, -0.1) is 0 Å². The molecule has 18 heavy (non-hydrogen) atoms. The zero-order valence-corrected chi connectivity index (χ0v) is 12.1. The second-order valence-electron chi connectivity index (χ2n) is 4.20. The Morgan fingerprint density at radius 2 is 2.33 bits per heavy atom. The molecule has 0 spiro atoms. The summed E-state index contributed by atoms with van der Waals surface area (Å²) in [7, 11) is -1.67. The van der Waals surface area contributed by atoms with Crippen LogP contribution in [0, 0.1) is 0 Å². The summed E-state index contributed by atoms with van der Waals surface area (Å²) >= 11 is 1.14. The maximum Gasteiger partial charge on any atom is 0.184 e. The van der Waals surface area contributed by atoms with Gasteiger partial charge < -0.3 is 15.4 Å². The van der Waals surface area contributed by atoms with Crippen molar-refractivity contribution in [2.45, 2.75) is 24.3 Å². The van der Waals surface area contributed by atoms with Crippen LogP contribution in [-0.4, -0.2) is 44.8 Å². The molecule has 1 fully saturated rings. The molecular weight excluding hydrogens is 274 g/mol. The minimum atomic E-state index is -3.34. The molecule has 2 N–H and O–H groups in total. The lowest BCUT2D eigenvalue weighted by Crippen LogP contribution is -2.23. The maximum atomic E-state index is 12.0. The van der Waals surface area contributed by atoms with Crippen LogP contribution in [0.15, 0.2) is 4.90 Å². The molecule has 0 bridgehead atoms. The van der Waals surface area contributed by atoms with Crippen LogP contribution in [0.2, 0.25) is 0 Å². The van der Waals surface area contributed by atoms with Crippen LogP contribution in [0.5, 0.6) is 0 Å². The highest BCUT2D eigenvalue weighted by atomic mass is 32.2. The van der Waals surface area contributed by atoms with Gasteiger partial charge in [-0.25, -0.2) is 8.42 Å². The molecule has 0 aromatic carbocycles. The number of anilines is 2. The third-order valence-corrected chi connectivity index (χ3v) is 5.95. The Bertz CT molecular complexity index is 526. The molecule has 1 unspecified atom stereocenters. The van der Waals surface area contributed by atoms with Gasteiger partial charge in [0.2, 0.25) is 0 Å². The fraction of sp³-hybridized carbons (Fsp3) is 0.700. The van der Waals surface area contributed by atoms with Crippen LogP contribution >= 0.6 is 11.5 Å². The predicted octanol–water partition coefficient (Wildman–Crippen LogP) is 0.744. The Balaban J connectivity index is 2.36. The number of rotatable bonds is 4. The van der Waals surface area contributed by atoms with Gasteiger partial charge in [-0.1, -0.05) is 6.92 Å². The summed E-state index contributed by atoms with van der Waals surface area (Å²) in [5.41, 5.74) is 5.70. The molecule has 1 aliphatic heterocycles. The van der Waals surface area contributed by atoms with E-state index in [0.717, 1.165) is 24.5 Å². The van der Waals surface area contributed by atoms with Crippen molar-refractivity contribution >= 4 is 32.2 Å². The zero-order chi connectivity index (χ0) is 13.3. The molecule has 0 radical (unpaired) electrons. The SMILES string of the molecule is CCS(=O)(=O)c1c(N)nsc1N1CCC(OC)C1. The molecule has 2 heterocycles. The molecule has 0 saturated carbocycles. The number of ether oxygens (including phenoxy) is 1. The van der Waals surface area contributed by atoms with Crippen LogP contribution in [-0.2, 0) is 14.6 Å². The van der Waals surface area contributed by atoms with Gasteiger partial charge in [0.05, 0.1) is 11.9 Å². The monoisotopic (exact) mass is 291 g/mol. The summed E-state index contributed by atoms with van der Waals surface area (Å²) in [5.74, 6) is 0.141. The third kappa shape index (κ3) is 2.32. The second-order valence-corrected chi connectivity index (χ2v) is 7.16. The van der Waals surface area contributed by atoms with E-state index in [-0.39, 0.29) is 22.6 Å². The highest BCUT2D eigenvalue weighted by Crippen LogP contribution is 2.37. The molecule has 102 valence electrons. The van der Waals surface area contributed by atoms with Crippen molar-refractivity contribution in [2.75, 3.05) is 36.6 Å². The fourth-order valence-electron chi connectivity index (χ4n) is 2.03. The first-order chi connectivity index (χ1) is 8.49. The number of aromatic nitrogens is 1. The standard InChI is InChI=1S/C10H17N3O3S2/c1-3-18(14,15)8-9(11)12-17-10(8)13-5-4-7(6-13)16-2/h7H,3-6H2,1-2H3,(H2,11,12). The summed E-state index contributed by atoms with van der Waals surface area (Å²) in [6.45, 7) is 3.06. The molecule has 1 atom stereocenters. The lowest BCUT2D eigenvalue weighted by Gasteiger charge is -2.17. The van der Waals surface area contributed by atoms with Crippen LogP contribution in [0.4, 0.5) is 10.8 Å². The van der Waals surface area contributed by atoms with Crippen molar-refractivity contribution in [1.82, 2.24) is 4.37 Å². The van der Waals surface area contributed by atoms with E-state index in [1.165, 1.54) is 0 Å². The molecule has 8 heteroatoms. The number of methoxy groups -OCH3 is 1. The molecule has 2 rings (SSSR count). The Hall–Kier alpha value is -0.860. The summed E-state index contributed by atoms with van der Waals surface area (Å²) in [5, 5.41) is 0.647. The molecular formula is C10H17N3O3S2. The van der Waals surface area contributed by atoms with Crippen LogP contribution in [0.1, 0.15) is 13.3 Å². The first-order valence-corrected chi connectivity index (χ1v) is 8.17. The lowest BCUT2D eigenvalue weighted by molar-refractivity contribution is 0.121. The lowest BCUT2D eigenvalue weighted by atomic mass is 10.3. The highest BCUT2D eigenvalue weighted by molar-refractivity contribution is 7.91. The van der Waals surface area contributed by atoms with Crippen molar-refractivity contribution in [3.05, 3.63) is 0 Å². The molecule has 1 aliphatic rings. The zero-order valence-electron chi connectivity index (χ0n) is 10.4. The predicted molar refractivity (Wildman–Crippen MR) is 71.9 cm³/mol.